The summed E-state index contributed by atoms with van der Waals surface area (Å²) >= 11 is 1.45. The zero-order valence-electron chi connectivity index (χ0n) is 33.2. The van der Waals surface area contributed by atoms with Crippen molar-refractivity contribution in [2.75, 3.05) is 14.2 Å². The molecule has 0 N–H and O–H groups in total. The Morgan fingerprint density at radius 3 is 2.10 bits per heavy atom. The standard InChI is InChI=1S/C39H66O8SSi2/c1-14-39(24-17-25-39)33(47-50(12,13)38(5,6)7)21-16-20-29-28(19-15-18-27-22-23-32(48-27)34(40)43-8)30(45-36(42)35(41)44-9)26-31(29)46-49(10,11)37(2,3)4/h16,20,22-23,28-31,33H,14-15,17-19,21,24-26H2,1-13H3/t28-,29-,30+,31-,33?/m1/s1. The number of carbonyl (C=O) groups is 3. The second-order valence-corrected chi connectivity index (χ2v) is 28.3. The van der Waals surface area contributed by atoms with Crippen LogP contribution in [0.2, 0.25) is 36.3 Å². The van der Waals surface area contributed by atoms with E-state index in [-0.39, 0.29) is 45.5 Å². The predicted molar refractivity (Wildman–Crippen MR) is 207 cm³/mol. The number of carbonyl (C=O) groups excluding carboxylic acids is 3. The molecule has 0 amide bonds. The highest BCUT2D eigenvalue weighted by atomic mass is 32.1. The van der Waals surface area contributed by atoms with Gasteiger partial charge in [-0.15, -0.1) is 11.3 Å². The maximum atomic E-state index is 12.8. The Labute approximate surface area is 308 Å². The Hall–Kier alpha value is -1.80. The molecule has 1 aromatic rings. The van der Waals surface area contributed by atoms with Crippen molar-refractivity contribution in [2.45, 2.75) is 161 Å². The third-order valence-electron chi connectivity index (χ3n) is 12.4. The Kier molecular flexibility index (Phi) is 14.4. The molecule has 0 saturated heterocycles. The van der Waals surface area contributed by atoms with Gasteiger partial charge in [-0.05, 0) is 98.8 Å². The zero-order valence-corrected chi connectivity index (χ0v) is 36.1. The topological polar surface area (TPSA) is 97.4 Å². The Morgan fingerprint density at radius 1 is 0.940 bits per heavy atom. The van der Waals surface area contributed by atoms with E-state index in [9.17, 15) is 14.4 Å². The van der Waals surface area contributed by atoms with Gasteiger partial charge in [0, 0.05) is 23.1 Å². The minimum atomic E-state index is -2.21. The maximum absolute atomic E-state index is 12.8. The lowest BCUT2D eigenvalue weighted by Crippen LogP contribution is -2.51. The molecule has 1 unspecified atom stereocenters. The molecule has 2 saturated carbocycles. The fraction of sp³-hybridized carbons (Fsp3) is 0.769. The molecule has 0 bridgehead atoms. The second-order valence-electron chi connectivity index (χ2n) is 17.6. The predicted octanol–water partition coefficient (Wildman–Crippen LogP) is 9.89. The van der Waals surface area contributed by atoms with Gasteiger partial charge in [0.1, 0.15) is 11.0 Å². The summed E-state index contributed by atoms with van der Waals surface area (Å²) in [5.41, 5.74) is 0.203. The van der Waals surface area contributed by atoms with Crippen LogP contribution in [0.4, 0.5) is 0 Å². The van der Waals surface area contributed by atoms with Crippen molar-refractivity contribution in [1.29, 1.82) is 0 Å². The number of ether oxygens (including phenoxy) is 3. The number of hydrogen-bond acceptors (Lipinski definition) is 9. The molecule has 0 aromatic carbocycles. The number of aryl methyl sites for hydroxylation is 1. The van der Waals surface area contributed by atoms with Crippen LogP contribution in [0.1, 0.15) is 114 Å². The molecular weight excluding hydrogens is 685 g/mol. The Bertz CT molecular complexity index is 1330. The van der Waals surface area contributed by atoms with E-state index in [2.05, 4.69) is 86.8 Å². The first-order chi connectivity index (χ1) is 23.1. The minimum absolute atomic E-state index is 0.00606. The fourth-order valence-electron chi connectivity index (χ4n) is 6.90. The number of methoxy groups -OCH3 is 2. The number of esters is 3. The molecular formula is C39H66O8SSi2. The van der Waals surface area contributed by atoms with Gasteiger partial charge in [0.25, 0.3) is 0 Å². The summed E-state index contributed by atoms with van der Waals surface area (Å²) in [6, 6.07) is 3.79. The number of thiophene rings is 1. The van der Waals surface area contributed by atoms with E-state index < -0.39 is 34.7 Å². The average Bonchev–Trinajstić information content (AvgIpc) is 3.59. The van der Waals surface area contributed by atoms with Crippen molar-refractivity contribution >= 4 is 45.9 Å². The zero-order chi connectivity index (χ0) is 37.7. The van der Waals surface area contributed by atoms with Crippen molar-refractivity contribution < 1.29 is 37.4 Å². The minimum Gasteiger partial charge on any atom is -0.465 e. The van der Waals surface area contributed by atoms with Crippen LogP contribution in [0.3, 0.4) is 0 Å². The highest BCUT2D eigenvalue weighted by molar-refractivity contribution is 7.13. The van der Waals surface area contributed by atoms with E-state index >= 15 is 0 Å². The quantitative estimate of drug-likeness (QED) is 0.0575. The lowest BCUT2D eigenvalue weighted by atomic mass is 9.63. The molecule has 2 aliphatic rings. The summed E-state index contributed by atoms with van der Waals surface area (Å²) in [5.74, 6) is -2.35. The molecule has 284 valence electrons. The van der Waals surface area contributed by atoms with E-state index in [1.807, 2.05) is 12.1 Å². The smallest absolute Gasteiger partial charge is 0.417 e. The van der Waals surface area contributed by atoms with E-state index in [0.29, 0.717) is 11.3 Å². The van der Waals surface area contributed by atoms with E-state index in [4.69, 9.17) is 23.1 Å². The molecule has 0 radical (unpaired) electrons. The van der Waals surface area contributed by atoms with Crippen molar-refractivity contribution in [3.05, 3.63) is 34.0 Å². The van der Waals surface area contributed by atoms with Crippen LogP contribution in [0.5, 0.6) is 0 Å². The number of rotatable bonds is 15. The van der Waals surface area contributed by atoms with Gasteiger partial charge in [-0.1, -0.05) is 67.0 Å². The van der Waals surface area contributed by atoms with Crippen molar-refractivity contribution in [1.82, 2.24) is 0 Å². The molecule has 1 heterocycles. The first-order valence-electron chi connectivity index (χ1n) is 18.6. The van der Waals surface area contributed by atoms with Crippen LogP contribution in [-0.2, 0) is 39.1 Å². The van der Waals surface area contributed by atoms with Crippen molar-refractivity contribution in [3.63, 3.8) is 0 Å². The SMILES string of the molecule is CCC1(C(CC=C[C@@H]2[C@@H](CCCc3ccc(C(=O)OC)s3)[C@@H](OC(=O)C(=O)OC)C[C@H]2O[Si](C)(C)C(C)(C)C)O[Si](C)(C)C(C)(C)C)CCC1. The fourth-order valence-corrected chi connectivity index (χ4v) is 10.6. The van der Waals surface area contributed by atoms with E-state index in [0.717, 1.165) is 37.0 Å². The molecule has 2 fully saturated rings. The summed E-state index contributed by atoms with van der Waals surface area (Å²) in [5, 5.41) is 0.108. The van der Waals surface area contributed by atoms with Crippen LogP contribution in [-0.4, -0.2) is 67.1 Å². The van der Waals surface area contributed by atoms with Crippen LogP contribution in [0.25, 0.3) is 0 Å². The summed E-state index contributed by atoms with van der Waals surface area (Å²) in [7, 11) is -1.64. The summed E-state index contributed by atoms with van der Waals surface area (Å²) in [6.45, 7) is 25.2. The molecule has 0 spiro atoms. The monoisotopic (exact) mass is 750 g/mol. The molecule has 50 heavy (non-hydrogen) atoms. The molecule has 8 nitrogen and oxygen atoms in total. The number of hydrogen-bond donors (Lipinski definition) is 0. The third kappa shape index (κ3) is 10.2. The third-order valence-corrected chi connectivity index (χ3v) is 22.5. The normalized spacial score (nSPS) is 23.4. The molecule has 5 atom stereocenters. The largest absolute Gasteiger partial charge is 0.465 e. The summed E-state index contributed by atoms with van der Waals surface area (Å²) in [6.07, 6.45) is 12.6. The van der Waals surface area contributed by atoms with Gasteiger partial charge in [0.2, 0.25) is 0 Å². The molecule has 0 aliphatic heterocycles. The highest BCUT2D eigenvalue weighted by Crippen LogP contribution is 2.52. The van der Waals surface area contributed by atoms with E-state index in [1.165, 1.54) is 44.8 Å². The maximum Gasteiger partial charge on any atom is 0.417 e. The van der Waals surface area contributed by atoms with Crippen LogP contribution < -0.4 is 0 Å². The Morgan fingerprint density at radius 2 is 1.58 bits per heavy atom. The highest BCUT2D eigenvalue weighted by Gasteiger charge is 2.50. The average molecular weight is 751 g/mol. The molecule has 3 rings (SSSR count). The van der Waals surface area contributed by atoms with E-state index in [1.54, 1.807) is 0 Å². The van der Waals surface area contributed by atoms with Gasteiger partial charge < -0.3 is 23.1 Å². The summed E-state index contributed by atoms with van der Waals surface area (Å²) < 4.78 is 29.9. The first kappa shape index (κ1) is 42.6. The van der Waals surface area contributed by atoms with Gasteiger partial charge in [0.15, 0.2) is 16.6 Å². The molecule has 11 heteroatoms. The van der Waals surface area contributed by atoms with Gasteiger partial charge in [0.05, 0.1) is 26.4 Å². The van der Waals surface area contributed by atoms with Gasteiger partial charge >= 0.3 is 17.9 Å². The lowest BCUT2D eigenvalue weighted by Gasteiger charge is -2.51. The second kappa shape index (κ2) is 16.9. The van der Waals surface area contributed by atoms with Crippen molar-refractivity contribution in [3.8, 4) is 0 Å². The van der Waals surface area contributed by atoms with Gasteiger partial charge in [-0.3, -0.25) is 0 Å². The van der Waals surface area contributed by atoms with Crippen LogP contribution in [0.15, 0.2) is 24.3 Å². The Balaban J connectivity index is 1.96. The van der Waals surface area contributed by atoms with Crippen LogP contribution in [0, 0.1) is 17.3 Å². The summed E-state index contributed by atoms with van der Waals surface area (Å²) in [4.78, 5) is 38.8. The van der Waals surface area contributed by atoms with Crippen molar-refractivity contribution in [2.24, 2.45) is 17.3 Å². The van der Waals surface area contributed by atoms with Crippen LogP contribution >= 0.6 is 11.3 Å². The lowest BCUT2D eigenvalue weighted by molar-refractivity contribution is -0.170. The molecule has 1 aromatic heterocycles. The van der Waals surface area contributed by atoms with Gasteiger partial charge in [-0.2, -0.15) is 0 Å². The first-order valence-corrected chi connectivity index (χ1v) is 25.2. The van der Waals surface area contributed by atoms with Gasteiger partial charge in [-0.25, -0.2) is 14.4 Å². The molecule has 2 aliphatic carbocycles.